The molecule has 82 valence electrons. The van der Waals surface area contributed by atoms with Gasteiger partial charge in [-0.15, -0.1) is 0 Å². The molecule has 0 spiro atoms. The van der Waals surface area contributed by atoms with Crippen molar-refractivity contribution >= 4 is 17.7 Å². The summed E-state index contributed by atoms with van der Waals surface area (Å²) in [5.41, 5.74) is 0. The Bertz CT molecular complexity index is 343. The molecule has 0 aliphatic heterocycles. The van der Waals surface area contributed by atoms with Crippen molar-refractivity contribution in [3.05, 3.63) is 29.6 Å². The molecule has 4 nitrogen and oxygen atoms in total. The van der Waals surface area contributed by atoms with Crippen LogP contribution in [0.15, 0.2) is 29.4 Å². The summed E-state index contributed by atoms with van der Waals surface area (Å²) in [4.78, 5) is 11.3. The van der Waals surface area contributed by atoms with Crippen molar-refractivity contribution in [1.29, 1.82) is 0 Å². The molecule has 0 saturated heterocycles. The number of rotatable bonds is 4. The molecule has 15 heavy (non-hydrogen) atoms. The van der Waals surface area contributed by atoms with Gasteiger partial charge in [0.1, 0.15) is 5.25 Å². The van der Waals surface area contributed by atoms with Crippen LogP contribution in [0.1, 0.15) is 13.8 Å². The van der Waals surface area contributed by atoms with Crippen LogP contribution < -0.4 is 4.73 Å². The lowest BCUT2D eigenvalue weighted by Gasteiger charge is -2.09. The van der Waals surface area contributed by atoms with E-state index in [9.17, 15) is 10.0 Å². The fourth-order valence-corrected chi connectivity index (χ4v) is 1.84. The molecule has 1 aromatic heterocycles. The number of ether oxygens (including phenoxy) is 1. The van der Waals surface area contributed by atoms with Gasteiger partial charge in [-0.05, 0) is 31.7 Å². The molecule has 0 bridgehead atoms. The second-order valence-corrected chi connectivity index (χ2v) is 4.24. The van der Waals surface area contributed by atoms with Gasteiger partial charge in [0.25, 0.3) is 5.03 Å². The van der Waals surface area contributed by atoms with Crippen molar-refractivity contribution < 1.29 is 14.3 Å². The summed E-state index contributed by atoms with van der Waals surface area (Å²) in [6.45, 7) is 3.83. The normalized spacial score (nSPS) is 12.1. The highest BCUT2D eigenvalue weighted by atomic mass is 32.2. The average Bonchev–Trinajstić information content (AvgIpc) is 2.21. The van der Waals surface area contributed by atoms with Crippen LogP contribution in [0.4, 0.5) is 0 Å². The summed E-state index contributed by atoms with van der Waals surface area (Å²) >= 11 is 1.19. The van der Waals surface area contributed by atoms with Crippen LogP contribution in [0.5, 0.6) is 0 Å². The minimum absolute atomic E-state index is 0.300. The molecule has 1 aromatic rings. The highest BCUT2D eigenvalue weighted by Gasteiger charge is 2.19. The van der Waals surface area contributed by atoms with Crippen molar-refractivity contribution in [3.8, 4) is 0 Å². The van der Waals surface area contributed by atoms with Crippen LogP contribution in [0, 0.1) is 5.21 Å². The van der Waals surface area contributed by atoms with E-state index in [2.05, 4.69) is 0 Å². The number of carbonyl (C=O) groups excluding carboxylic acids is 1. The van der Waals surface area contributed by atoms with Crippen LogP contribution >= 0.6 is 11.8 Å². The maximum atomic E-state index is 11.3. The fourth-order valence-electron chi connectivity index (χ4n) is 0.993. The third-order valence-electron chi connectivity index (χ3n) is 1.70. The lowest BCUT2D eigenvalue weighted by molar-refractivity contribution is -0.645. The second-order valence-electron chi connectivity index (χ2n) is 2.88. The van der Waals surface area contributed by atoms with E-state index in [1.807, 2.05) is 0 Å². The van der Waals surface area contributed by atoms with E-state index in [0.717, 1.165) is 4.73 Å². The fraction of sp³-hybridized carbons (Fsp3) is 0.400. The third-order valence-corrected chi connectivity index (χ3v) is 2.81. The Kier molecular flexibility index (Phi) is 4.42. The third kappa shape index (κ3) is 3.43. The SMILES string of the molecule is CCOC(=O)C(C)Sc1cccc[n+]1[O-]. The molecule has 0 radical (unpaired) electrons. The lowest BCUT2D eigenvalue weighted by atomic mass is 10.5. The zero-order valence-electron chi connectivity index (χ0n) is 8.67. The second kappa shape index (κ2) is 5.60. The number of aromatic nitrogens is 1. The molecular weight excluding hydrogens is 214 g/mol. The lowest BCUT2D eigenvalue weighted by Crippen LogP contribution is -2.29. The predicted octanol–water partition coefficient (Wildman–Crippen LogP) is 1.36. The zero-order chi connectivity index (χ0) is 11.3. The average molecular weight is 227 g/mol. The Balaban J connectivity index is 2.62. The van der Waals surface area contributed by atoms with Crippen LogP contribution in [-0.4, -0.2) is 17.8 Å². The molecular formula is C10H13NO3S. The van der Waals surface area contributed by atoms with Gasteiger partial charge in [-0.25, -0.2) is 0 Å². The van der Waals surface area contributed by atoms with Gasteiger partial charge in [0.15, 0.2) is 6.20 Å². The van der Waals surface area contributed by atoms with Gasteiger partial charge >= 0.3 is 5.97 Å². The Morgan fingerprint density at radius 3 is 3.00 bits per heavy atom. The molecule has 1 atom stereocenters. The number of nitrogens with zero attached hydrogens (tertiary/aromatic N) is 1. The Morgan fingerprint density at radius 2 is 2.40 bits per heavy atom. The predicted molar refractivity (Wildman–Crippen MR) is 57.4 cm³/mol. The molecule has 0 aromatic carbocycles. The van der Waals surface area contributed by atoms with Crippen molar-refractivity contribution in [1.82, 2.24) is 0 Å². The van der Waals surface area contributed by atoms with Gasteiger partial charge < -0.3 is 9.94 Å². The molecule has 0 fully saturated rings. The monoisotopic (exact) mass is 227 g/mol. The maximum Gasteiger partial charge on any atom is 0.319 e. The van der Waals surface area contributed by atoms with Gasteiger partial charge in [0.05, 0.1) is 6.61 Å². The van der Waals surface area contributed by atoms with E-state index in [-0.39, 0.29) is 11.2 Å². The zero-order valence-corrected chi connectivity index (χ0v) is 9.49. The van der Waals surface area contributed by atoms with Gasteiger partial charge in [0.2, 0.25) is 0 Å². The van der Waals surface area contributed by atoms with Crippen LogP contribution in [-0.2, 0) is 9.53 Å². The number of pyridine rings is 1. The van der Waals surface area contributed by atoms with Gasteiger partial charge in [-0.1, -0.05) is 0 Å². The molecule has 1 unspecified atom stereocenters. The number of hydrogen-bond donors (Lipinski definition) is 0. The van der Waals surface area contributed by atoms with Crippen molar-refractivity contribution in [2.45, 2.75) is 24.1 Å². The first kappa shape index (κ1) is 11.8. The Labute approximate surface area is 92.8 Å². The topological polar surface area (TPSA) is 53.2 Å². The van der Waals surface area contributed by atoms with Crippen LogP contribution in [0.3, 0.4) is 0 Å². The number of hydrogen-bond acceptors (Lipinski definition) is 4. The van der Waals surface area contributed by atoms with Crippen molar-refractivity contribution in [2.75, 3.05) is 6.61 Å². The van der Waals surface area contributed by atoms with Gasteiger partial charge in [0, 0.05) is 12.1 Å². The molecule has 5 heteroatoms. The number of thioether (sulfide) groups is 1. The minimum Gasteiger partial charge on any atom is -0.618 e. The van der Waals surface area contributed by atoms with Gasteiger partial charge in [-0.3, -0.25) is 4.79 Å². The van der Waals surface area contributed by atoms with E-state index < -0.39 is 0 Å². The highest BCUT2D eigenvalue weighted by molar-refractivity contribution is 8.00. The molecule has 1 rings (SSSR count). The molecule has 0 amide bonds. The van der Waals surface area contributed by atoms with Crippen LogP contribution in [0.2, 0.25) is 0 Å². The molecule has 0 N–H and O–H groups in total. The van der Waals surface area contributed by atoms with Crippen molar-refractivity contribution in [3.63, 3.8) is 0 Å². The molecule has 0 aliphatic rings. The first-order valence-electron chi connectivity index (χ1n) is 4.66. The van der Waals surface area contributed by atoms with Crippen molar-refractivity contribution in [2.24, 2.45) is 0 Å². The molecule has 0 saturated carbocycles. The largest absolute Gasteiger partial charge is 0.618 e. The first-order valence-corrected chi connectivity index (χ1v) is 5.54. The number of carbonyl (C=O) groups is 1. The Hall–Kier alpha value is -1.23. The highest BCUT2D eigenvalue weighted by Crippen LogP contribution is 2.20. The minimum atomic E-state index is -0.368. The van der Waals surface area contributed by atoms with E-state index in [1.165, 1.54) is 18.0 Å². The smallest absolute Gasteiger partial charge is 0.319 e. The summed E-state index contributed by atoms with van der Waals surface area (Å²) in [6.07, 6.45) is 1.40. The first-order chi connectivity index (χ1) is 7.15. The molecule has 0 aliphatic carbocycles. The summed E-state index contributed by atoms with van der Waals surface area (Å²) < 4.78 is 5.58. The van der Waals surface area contributed by atoms with Gasteiger partial charge in [-0.2, -0.15) is 4.73 Å². The van der Waals surface area contributed by atoms with E-state index in [4.69, 9.17) is 4.74 Å². The van der Waals surface area contributed by atoms with E-state index in [0.29, 0.717) is 11.6 Å². The summed E-state index contributed by atoms with van der Waals surface area (Å²) in [6, 6.07) is 5.08. The molecule has 1 heterocycles. The Morgan fingerprint density at radius 1 is 1.67 bits per heavy atom. The quantitative estimate of drug-likeness (QED) is 0.337. The summed E-state index contributed by atoms with van der Waals surface area (Å²) in [5.74, 6) is -0.300. The van der Waals surface area contributed by atoms with E-state index >= 15 is 0 Å². The number of esters is 1. The maximum absolute atomic E-state index is 11.3. The standard InChI is InChI=1S/C10H13NO3S/c1-3-14-10(12)8(2)15-9-6-4-5-7-11(9)13/h4-8H,3H2,1-2H3. The van der Waals surface area contributed by atoms with Crippen LogP contribution in [0.25, 0.3) is 0 Å². The summed E-state index contributed by atoms with van der Waals surface area (Å²) in [5, 5.41) is 11.4. The summed E-state index contributed by atoms with van der Waals surface area (Å²) in [7, 11) is 0. The van der Waals surface area contributed by atoms with E-state index in [1.54, 1.807) is 32.0 Å².